The fourth-order valence-electron chi connectivity index (χ4n) is 1.62. The molecule has 0 aliphatic rings. The van der Waals surface area contributed by atoms with Crippen LogP contribution in [0.15, 0.2) is 0 Å². The smallest absolute Gasteiger partial charge is 0.209 e. The topological polar surface area (TPSA) is 47.0 Å². The number of likely N-dealkylation sites (N-methyl/N-ethyl adjacent to an activating group) is 2. The van der Waals surface area contributed by atoms with Gasteiger partial charge in [-0.05, 0) is 27.2 Å². The summed E-state index contributed by atoms with van der Waals surface area (Å²) in [6.07, 6.45) is 0.344. The van der Waals surface area contributed by atoms with Crippen molar-refractivity contribution in [2.24, 2.45) is 0 Å². The number of carbonyl (C=O) groups is 1. The second-order valence-electron chi connectivity index (χ2n) is 4.54. The van der Waals surface area contributed by atoms with Crippen LogP contribution in [0.2, 0.25) is 0 Å². The van der Waals surface area contributed by atoms with Gasteiger partial charge in [0.15, 0.2) is 0 Å². The highest BCUT2D eigenvalue weighted by molar-refractivity contribution is 5.47. The molecule has 0 aromatic rings. The molecule has 0 rings (SSSR count). The van der Waals surface area contributed by atoms with Crippen LogP contribution >= 0.6 is 0 Å². The quantitative estimate of drug-likeness (QED) is 0.537. The predicted octanol–water partition coefficient (Wildman–Crippen LogP) is -0.291. The van der Waals surface area contributed by atoms with E-state index in [0.717, 1.165) is 26.0 Å². The van der Waals surface area contributed by atoms with Crippen LogP contribution in [0.3, 0.4) is 0 Å². The maximum absolute atomic E-state index is 10.9. The second-order valence-corrected chi connectivity index (χ2v) is 4.54. The molecule has 5 heteroatoms. The summed E-state index contributed by atoms with van der Waals surface area (Å²) in [4.78, 5) is 16.7. The van der Waals surface area contributed by atoms with E-state index in [2.05, 4.69) is 18.7 Å². The molecule has 0 aliphatic carbocycles. The van der Waals surface area contributed by atoms with Gasteiger partial charge in [-0.2, -0.15) is 0 Å². The van der Waals surface area contributed by atoms with Crippen LogP contribution in [0.4, 0.5) is 0 Å². The Morgan fingerprint density at radius 1 is 1.12 bits per heavy atom. The average molecular weight is 245 g/mol. The number of aliphatic hydroxyl groups excluding tert-OH is 1. The van der Waals surface area contributed by atoms with Gasteiger partial charge in [0.05, 0.1) is 6.10 Å². The molecule has 1 atom stereocenters. The first-order valence-electron chi connectivity index (χ1n) is 6.27. The summed E-state index contributed by atoms with van der Waals surface area (Å²) in [5.41, 5.74) is 0. The largest absolute Gasteiger partial charge is 0.390 e. The molecule has 0 saturated heterocycles. The number of carbonyl (C=O) groups excluding carboxylic acids is 1. The van der Waals surface area contributed by atoms with Crippen molar-refractivity contribution in [1.29, 1.82) is 0 Å². The Bertz CT molecular complexity index is 196. The van der Waals surface area contributed by atoms with Crippen molar-refractivity contribution in [2.45, 2.75) is 20.0 Å². The Morgan fingerprint density at radius 2 is 1.71 bits per heavy atom. The number of rotatable bonds is 10. The molecular formula is C12H27N3O2. The summed E-state index contributed by atoms with van der Waals surface area (Å²) in [5.74, 6) is 0. The fourth-order valence-corrected chi connectivity index (χ4v) is 1.62. The van der Waals surface area contributed by atoms with Gasteiger partial charge in [0, 0.05) is 26.2 Å². The fraction of sp³-hybridized carbons (Fsp3) is 0.917. The van der Waals surface area contributed by atoms with Crippen molar-refractivity contribution in [1.82, 2.24) is 14.7 Å². The van der Waals surface area contributed by atoms with Crippen molar-refractivity contribution in [3.05, 3.63) is 0 Å². The molecule has 0 saturated carbocycles. The number of hydrogen-bond acceptors (Lipinski definition) is 4. The zero-order valence-electron chi connectivity index (χ0n) is 11.6. The van der Waals surface area contributed by atoms with Crippen LogP contribution in [-0.2, 0) is 4.79 Å². The summed E-state index contributed by atoms with van der Waals surface area (Å²) in [6.45, 7) is 8.49. The average Bonchev–Trinajstić information content (AvgIpc) is 2.31. The van der Waals surface area contributed by atoms with E-state index in [9.17, 15) is 9.90 Å². The molecule has 0 aliphatic heterocycles. The first kappa shape index (κ1) is 16.4. The molecule has 0 fully saturated rings. The van der Waals surface area contributed by atoms with E-state index in [1.165, 1.54) is 0 Å². The van der Waals surface area contributed by atoms with Crippen LogP contribution in [-0.4, -0.2) is 85.7 Å². The molecule has 1 amide bonds. The van der Waals surface area contributed by atoms with E-state index >= 15 is 0 Å². The summed E-state index contributed by atoms with van der Waals surface area (Å²) >= 11 is 0. The summed E-state index contributed by atoms with van der Waals surface area (Å²) in [7, 11) is 3.94. The van der Waals surface area contributed by atoms with Crippen molar-refractivity contribution in [2.75, 3.05) is 53.4 Å². The van der Waals surface area contributed by atoms with E-state index in [1.54, 1.807) is 4.90 Å². The van der Waals surface area contributed by atoms with Gasteiger partial charge in [-0.1, -0.05) is 13.8 Å². The third-order valence-corrected chi connectivity index (χ3v) is 2.79. The minimum atomic E-state index is -0.470. The van der Waals surface area contributed by atoms with Crippen LogP contribution in [0.5, 0.6) is 0 Å². The van der Waals surface area contributed by atoms with Gasteiger partial charge in [0.1, 0.15) is 0 Å². The summed E-state index contributed by atoms with van der Waals surface area (Å²) < 4.78 is 0. The van der Waals surface area contributed by atoms with Crippen LogP contribution in [0.1, 0.15) is 13.8 Å². The van der Waals surface area contributed by atoms with Crippen LogP contribution < -0.4 is 0 Å². The molecule has 1 N–H and O–H groups in total. The number of amides is 1. The number of nitrogens with zero attached hydrogens (tertiary/aromatic N) is 3. The Labute approximate surface area is 105 Å². The highest BCUT2D eigenvalue weighted by atomic mass is 16.3. The SMILES string of the molecule is CCN(CC)CC(O)CN(C=O)CCN(C)C. The lowest BCUT2D eigenvalue weighted by Gasteiger charge is -2.26. The molecule has 0 radical (unpaired) electrons. The van der Waals surface area contributed by atoms with Gasteiger partial charge >= 0.3 is 0 Å². The first-order chi connectivity index (χ1) is 8.03. The van der Waals surface area contributed by atoms with Crippen molar-refractivity contribution >= 4 is 6.41 Å². The van der Waals surface area contributed by atoms with Gasteiger partial charge in [-0.15, -0.1) is 0 Å². The van der Waals surface area contributed by atoms with Crippen LogP contribution in [0, 0.1) is 0 Å². The van der Waals surface area contributed by atoms with Crippen molar-refractivity contribution in [3.8, 4) is 0 Å². The third kappa shape index (κ3) is 8.12. The van der Waals surface area contributed by atoms with Gasteiger partial charge < -0.3 is 19.8 Å². The molecule has 0 bridgehead atoms. The molecule has 17 heavy (non-hydrogen) atoms. The van der Waals surface area contributed by atoms with E-state index in [-0.39, 0.29) is 0 Å². The summed E-state index contributed by atoms with van der Waals surface area (Å²) in [6, 6.07) is 0. The van der Waals surface area contributed by atoms with Gasteiger partial charge in [-0.3, -0.25) is 4.79 Å². The molecule has 0 heterocycles. The lowest BCUT2D eigenvalue weighted by atomic mass is 10.3. The molecule has 0 aromatic heterocycles. The van der Waals surface area contributed by atoms with E-state index < -0.39 is 6.10 Å². The van der Waals surface area contributed by atoms with Gasteiger partial charge in [-0.25, -0.2) is 0 Å². The summed E-state index contributed by atoms with van der Waals surface area (Å²) in [5, 5.41) is 9.89. The lowest BCUT2D eigenvalue weighted by molar-refractivity contribution is -0.119. The normalized spacial score (nSPS) is 13.1. The molecular weight excluding hydrogens is 218 g/mol. The highest BCUT2D eigenvalue weighted by Crippen LogP contribution is 1.95. The Balaban J connectivity index is 3.96. The van der Waals surface area contributed by atoms with Crippen molar-refractivity contribution in [3.63, 3.8) is 0 Å². The lowest BCUT2D eigenvalue weighted by Crippen LogP contribution is -2.41. The second kappa shape index (κ2) is 9.39. The molecule has 0 spiro atoms. The van der Waals surface area contributed by atoms with E-state index in [0.29, 0.717) is 19.6 Å². The molecule has 0 aromatic carbocycles. The zero-order valence-corrected chi connectivity index (χ0v) is 11.6. The van der Waals surface area contributed by atoms with Crippen LogP contribution in [0.25, 0.3) is 0 Å². The standard InChI is InChI=1S/C12H27N3O2/c1-5-14(6-2)9-12(17)10-15(11-16)8-7-13(3)4/h11-12,17H,5-10H2,1-4H3. The monoisotopic (exact) mass is 245 g/mol. The Kier molecular flexibility index (Phi) is 9.03. The minimum Gasteiger partial charge on any atom is -0.390 e. The predicted molar refractivity (Wildman–Crippen MR) is 70.0 cm³/mol. The maximum Gasteiger partial charge on any atom is 0.209 e. The minimum absolute atomic E-state index is 0.411. The third-order valence-electron chi connectivity index (χ3n) is 2.79. The van der Waals surface area contributed by atoms with E-state index in [1.807, 2.05) is 19.0 Å². The Hall–Kier alpha value is -0.650. The van der Waals surface area contributed by atoms with E-state index in [4.69, 9.17) is 0 Å². The molecule has 1 unspecified atom stereocenters. The maximum atomic E-state index is 10.9. The molecule has 5 nitrogen and oxygen atoms in total. The van der Waals surface area contributed by atoms with Crippen molar-refractivity contribution < 1.29 is 9.90 Å². The zero-order chi connectivity index (χ0) is 13.3. The highest BCUT2D eigenvalue weighted by Gasteiger charge is 2.12. The number of aliphatic hydroxyl groups is 1. The van der Waals surface area contributed by atoms with Gasteiger partial charge in [0.25, 0.3) is 0 Å². The molecule has 102 valence electrons. The Morgan fingerprint density at radius 3 is 2.12 bits per heavy atom. The first-order valence-corrected chi connectivity index (χ1v) is 6.27. The number of hydrogen-bond donors (Lipinski definition) is 1. The van der Waals surface area contributed by atoms with Gasteiger partial charge in [0.2, 0.25) is 6.41 Å².